The van der Waals surface area contributed by atoms with Crippen LogP contribution in [0.3, 0.4) is 0 Å². The Morgan fingerprint density at radius 1 is 1.38 bits per heavy atom. The molecule has 1 aromatic rings. The number of piperidine rings is 1. The summed E-state index contributed by atoms with van der Waals surface area (Å²) < 4.78 is 0. The molecule has 0 spiro atoms. The number of primary amides is 1. The molecule has 0 saturated carbocycles. The van der Waals surface area contributed by atoms with Crippen LogP contribution in [0.25, 0.3) is 0 Å². The molecule has 114 valence electrons. The Morgan fingerprint density at radius 3 is 2.62 bits per heavy atom. The Bertz CT molecular complexity index is 591. The van der Waals surface area contributed by atoms with E-state index in [0.717, 1.165) is 6.42 Å². The number of aromatic carboxylic acids is 1. The highest BCUT2D eigenvalue weighted by molar-refractivity contribution is 6.34. The number of nitrogen functional groups attached to an aromatic ring is 1. The number of carbonyl (C=O) groups excluding carboxylic acids is 1. The molecular formula is C14H18ClN3O3. The second-order valence-electron chi connectivity index (χ2n) is 5.38. The molecule has 5 N–H and O–H groups in total. The summed E-state index contributed by atoms with van der Waals surface area (Å²) in [5, 5.41) is 9.64. The van der Waals surface area contributed by atoms with E-state index in [1.807, 2.05) is 11.8 Å². The fourth-order valence-corrected chi connectivity index (χ4v) is 3.06. The van der Waals surface area contributed by atoms with E-state index >= 15 is 0 Å². The fraction of sp³-hybridized carbons (Fsp3) is 0.429. The molecule has 1 aliphatic heterocycles. The Balaban J connectivity index is 2.48. The highest BCUT2D eigenvalue weighted by atomic mass is 35.5. The third-order valence-electron chi connectivity index (χ3n) is 3.89. The molecule has 0 radical (unpaired) electrons. The number of benzene rings is 1. The Morgan fingerprint density at radius 2 is 2.05 bits per heavy atom. The zero-order chi connectivity index (χ0) is 15.7. The van der Waals surface area contributed by atoms with Crippen LogP contribution in [-0.4, -0.2) is 29.6 Å². The minimum absolute atomic E-state index is 0.0389. The van der Waals surface area contributed by atoms with Gasteiger partial charge in [0.05, 0.1) is 22.2 Å². The lowest BCUT2D eigenvalue weighted by molar-refractivity contribution is -0.122. The maximum absolute atomic E-state index is 11.5. The standard InChI is InChI=1S/C14H18ClN3O3/c1-7-2-3-8(13(17)19)6-18(7)12-10(14(20)21)4-9(16)5-11(12)15/h4-5,7-8H,2-3,6,16H2,1H3,(H2,17,19)(H,20,21). The van der Waals surface area contributed by atoms with E-state index in [1.54, 1.807) is 0 Å². The second kappa shape index (κ2) is 5.81. The molecule has 0 bridgehead atoms. The first-order chi connectivity index (χ1) is 9.81. The number of carboxylic acid groups (broad SMARTS) is 1. The minimum atomic E-state index is -1.10. The molecule has 6 nitrogen and oxygen atoms in total. The number of nitrogens with zero attached hydrogens (tertiary/aromatic N) is 1. The summed E-state index contributed by atoms with van der Waals surface area (Å²) in [4.78, 5) is 24.7. The van der Waals surface area contributed by atoms with E-state index in [2.05, 4.69) is 0 Å². The van der Waals surface area contributed by atoms with Gasteiger partial charge >= 0.3 is 5.97 Å². The van der Waals surface area contributed by atoms with E-state index in [4.69, 9.17) is 23.1 Å². The predicted octanol–water partition coefficient (Wildman–Crippen LogP) is 1.71. The van der Waals surface area contributed by atoms with Crippen LogP contribution < -0.4 is 16.4 Å². The molecular weight excluding hydrogens is 294 g/mol. The van der Waals surface area contributed by atoms with Crippen molar-refractivity contribution in [2.24, 2.45) is 11.7 Å². The molecule has 2 atom stereocenters. The first kappa shape index (κ1) is 15.4. The smallest absolute Gasteiger partial charge is 0.337 e. The van der Waals surface area contributed by atoms with Gasteiger partial charge in [-0.2, -0.15) is 0 Å². The van der Waals surface area contributed by atoms with E-state index in [1.165, 1.54) is 12.1 Å². The van der Waals surface area contributed by atoms with Gasteiger partial charge in [0.15, 0.2) is 0 Å². The fourth-order valence-electron chi connectivity index (χ4n) is 2.73. The third-order valence-corrected chi connectivity index (χ3v) is 4.18. The topological polar surface area (TPSA) is 110 Å². The predicted molar refractivity (Wildman–Crippen MR) is 81.6 cm³/mol. The summed E-state index contributed by atoms with van der Waals surface area (Å²) in [7, 11) is 0. The first-order valence-corrected chi connectivity index (χ1v) is 7.07. The lowest BCUT2D eigenvalue weighted by atomic mass is 9.91. The third kappa shape index (κ3) is 3.05. The monoisotopic (exact) mass is 311 g/mol. The van der Waals surface area contributed by atoms with E-state index < -0.39 is 5.97 Å². The number of carboxylic acids is 1. The van der Waals surface area contributed by atoms with Crippen molar-refractivity contribution in [3.05, 3.63) is 22.7 Å². The average Bonchev–Trinajstić information content (AvgIpc) is 2.38. The maximum atomic E-state index is 11.5. The largest absolute Gasteiger partial charge is 0.478 e. The van der Waals surface area contributed by atoms with Gasteiger partial charge in [0, 0.05) is 18.3 Å². The van der Waals surface area contributed by atoms with Crippen molar-refractivity contribution in [3.63, 3.8) is 0 Å². The van der Waals surface area contributed by atoms with Crippen molar-refractivity contribution < 1.29 is 14.7 Å². The highest BCUT2D eigenvalue weighted by Gasteiger charge is 2.32. The average molecular weight is 312 g/mol. The lowest BCUT2D eigenvalue weighted by Gasteiger charge is -2.39. The van der Waals surface area contributed by atoms with Crippen molar-refractivity contribution in [2.75, 3.05) is 17.2 Å². The molecule has 2 rings (SSSR count). The van der Waals surface area contributed by atoms with Crippen LogP contribution in [0.15, 0.2) is 12.1 Å². The zero-order valence-electron chi connectivity index (χ0n) is 11.7. The van der Waals surface area contributed by atoms with Gasteiger partial charge in [-0.3, -0.25) is 4.79 Å². The summed E-state index contributed by atoms with van der Waals surface area (Å²) in [5.74, 6) is -1.79. The van der Waals surface area contributed by atoms with Gasteiger partial charge in [-0.25, -0.2) is 4.79 Å². The van der Waals surface area contributed by atoms with Crippen LogP contribution in [0.4, 0.5) is 11.4 Å². The van der Waals surface area contributed by atoms with Gasteiger partial charge in [-0.05, 0) is 31.9 Å². The summed E-state index contributed by atoms with van der Waals surface area (Å²) >= 11 is 6.20. The molecule has 2 unspecified atom stereocenters. The zero-order valence-corrected chi connectivity index (χ0v) is 12.4. The van der Waals surface area contributed by atoms with Crippen LogP contribution in [0.5, 0.6) is 0 Å². The maximum Gasteiger partial charge on any atom is 0.337 e. The van der Waals surface area contributed by atoms with Gasteiger partial charge in [0.25, 0.3) is 0 Å². The number of carbonyl (C=O) groups is 2. The number of hydrogen-bond acceptors (Lipinski definition) is 4. The van der Waals surface area contributed by atoms with Crippen molar-refractivity contribution in [1.82, 2.24) is 0 Å². The van der Waals surface area contributed by atoms with Crippen LogP contribution in [0, 0.1) is 5.92 Å². The summed E-state index contributed by atoms with van der Waals surface area (Å²) in [6.45, 7) is 2.33. The second-order valence-corrected chi connectivity index (χ2v) is 5.79. The summed E-state index contributed by atoms with van der Waals surface area (Å²) in [5.41, 5.74) is 11.8. The van der Waals surface area contributed by atoms with Crippen molar-refractivity contribution in [3.8, 4) is 0 Å². The van der Waals surface area contributed by atoms with E-state index in [0.29, 0.717) is 18.7 Å². The van der Waals surface area contributed by atoms with Crippen LogP contribution in [-0.2, 0) is 4.79 Å². The van der Waals surface area contributed by atoms with E-state index in [9.17, 15) is 14.7 Å². The Labute approximate surface area is 127 Å². The Kier molecular flexibility index (Phi) is 4.27. The number of nitrogens with two attached hydrogens (primary N) is 2. The van der Waals surface area contributed by atoms with E-state index in [-0.39, 0.29) is 34.1 Å². The van der Waals surface area contributed by atoms with Crippen molar-refractivity contribution in [1.29, 1.82) is 0 Å². The molecule has 21 heavy (non-hydrogen) atoms. The highest BCUT2D eigenvalue weighted by Crippen LogP contribution is 2.37. The molecule has 1 fully saturated rings. The van der Waals surface area contributed by atoms with Crippen LogP contribution in [0.1, 0.15) is 30.1 Å². The normalized spacial score (nSPS) is 22.1. The SMILES string of the molecule is CC1CCC(C(N)=O)CN1c1c(Cl)cc(N)cc1C(=O)O. The summed E-state index contributed by atoms with van der Waals surface area (Å²) in [6.07, 6.45) is 1.44. The molecule has 1 aliphatic rings. The van der Waals surface area contributed by atoms with Gasteiger partial charge in [0.2, 0.25) is 5.91 Å². The van der Waals surface area contributed by atoms with Crippen molar-refractivity contribution in [2.45, 2.75) is 25.8 Å². The quantitative estimate of drug-likeness (QED) is 0.736. The first-order valence-electron chi connectivity index (χ1n) is 6.69. The number of hydrogen-bond donors (Lipinski definition) is 3. The number of amides is 1. The summed E-state index contributed by atoms with van der Waals surface area (Å²) in [6, 6.07) is 2.97. The number of halogens is 1. The molecule has 1 heterocycles. The molecule has 0 aliphatic carbocycles. The van der Waals surface area contributed by atoms with Gasteiger partial charge < -0.3 is 21.5 Å². The number of anilines is 2. The molecule has 0 aromatic heterocycles. The van der Waals surface area contributed by atoms with Gasteiger partial charge in [-0.1, -0.05) is 11.6 Å². The molecule has 1 amide bonds. The molecule has 1 aromatic carbocycles. The minimum Gasteiger partial charge on any atom is -0.478 e. The van der Waals surface area contributed by atoms with Gasteiger partial charge in [-0.15, -0.1) is 0 Å². The van der Waals surface area contributed by atoms with Crippen molar-refractivity contribution >= 4 is 34.9 Å². The number of rotatable bonds is 3. The lowest BCUT2D eigenvalue weighted by Crippen LogP contribution is -2.46. The van der Waals surface area contributed by atoms with Gasteiger partial charge in [0.1, 0.15) is 0 Å². The Hall–Kier alpha value is -1.95. The van der Waals surface area contributed by atoms with Crippen LogP contribution >= 0.6 is 11.6 Å². The molecule has 1 saturated heterocycles. The molecule has 7 heteroatoms. The van der Waals surface area contributed by atoms with Crippen LogP contribution in [0.2, 0.25) is 5.02 Å².